The Balaban J connectivity index is 1.74. The Morgan fingerprint density at radius 1 is 1.18 bits per heavy atom. The Morgan fingerprint density at radius 3 is 2.71 bits per heavy atom. The van der Waals surface area contributed by atoms with Gasteiger partial charge in [-0.15, -0.1) is 10.2 Å². The molecule has 1 aliphatic carbocycles. The number of ketones is 1. The second-order valence-corrected chi connectivity index (χ2v) is 9.53. The molecule has 0 saturated carbocycles. The number of aryl methyl sites for hydroxylation is 1. The van der Waals surface area contributed by atoms with Gasteiger partial charge in [-0.05, 0) is 31.7 Å². The van der Waals surface area contributed by atoms with Gasteiger partial charge >= 0.3 is 0 Å². The molecule has 2 heterocycles. The number of benzene rings is 1. The zero-order valence-electron chi connectivity index (χ0n) is 16.1. The second-order valence-electron chi connectivity index (χ2n) is 7.23. The standard InChI is InChI=1S/C21H23N3O2S2/c1-3-11-27-21-23-22-20(28-21)24-16-5-4-6-17(25)19(16)15(12-18(24)26)14-9-7-13(2)8-10-14/h7-10,15H,3-6,11-12H2,1-2H3. The lowest BCUT2D eigenvalue weighted by Gasteiger charge is -2.36. The molecule has 0 spiro atoms. The number of hydrogen-bond acceptors (Lipinski definition) is 6. The van der Waals surface area contributed by atoms with E-state index in [9.17, 15) is 9.59 Å². The molecule has 1 unspecified atom stereocenters. The van der Waals surface area contributed by atoms with Gasteiger partial charge in [0.15, 0.2) is 10.1 Å². The first-order chi connectivity index (χ1) is 13.6. The topological polar surface area (TPSA) is 63.2 Å². The van der Waals surface area contributed by atoms with E-state index in [0.717, 1.165) is 46.2 Å². The Morgan fingerprint density at radius 2 is 1.96 bits per heavy atom. The van der Waals surface area contributed by atoms with Crippen molar-refractivity contribution in [1.29, 1.82) is 0 Å². The summed E-state index contributed by atoms with van der Waals surface area (Å²) in [6, 6.07) is 8.17. The smallest absolute Gasteiger partial charge is 0.234 e. The van der Waals surface area contributed by atoms with Crippen molar-refractivity contribution in [3.63, 3.8) is 0 Å². The quantitative estimate of drug-likeness (QED) is 0.516. The Kier molecular flexibility index (Phi) is 5.64. The number of nitrogens with zero attached hydrogens (tertiary/aromatic N) is 3. The van der Waals surface area contributed by atoms with Crippen molar-refractivity contribution >= 4 is 39.9 Å². The first-order valence-electron chi connectivity index (χ1n) is 9.70. The molecule has 4 rings (SSSR count). The average molecular weight is 414 g/mol. The number of amides is 1. The van der Waals surface area contributed by atoms with Crippen molar-refractivity contribution in [2.24, 2.45) is 0 Å². The van der Waals surface area contributed by atoms with E-state index in [0.29, 0.717) is 18.0 Å². The SMILES string of the molecule is CCCSc1nnc(N2C(=O)CC(c3ccc(C)cc3)C3=C2CCCC3=O)s1. The van der Waals surface area contributed by atoms with Crippen LogP contribution in [0.25, 0.3) is 0 Å². The lowest BCUT2D eigenvalue weighted by Crippen LogP contribution is -2.40. The molecule has 0 N–H and O–H groups in total. The van der Waals surface area contributed by atoms with Gasteiger partial charge in [0, 0.05) is 35.8 Å². The van der Waals surface area contributed by atoms with Crippen LogP contribution >= 0.6 is 23.1 Å². The number of anilines is 1. The third kappa shape index (κ3) is 3.65. The highest BCUT2D eigenvalue weighted by Gasteiger charge is 2.40. The van der Waals surface area contributed by atoms with E-state index in [1.54, 1.807) is 16.7 Å². The highest BCUT2D eigenvalue weighted by atomic mass is 32.2. The van der Waals surface area contributed by atoms with Gasteiger partial charge in [0.1, 0.15) is 0 Å². The number of thioether (sulfide) groups is 1. The third-order valence-corrected chi connectivity index (χ3v) is 7.42. The van der Waals surface area contributed by atoms with Crippen LogP contribution in [0.3, 0.4) is 0 Å². The molecular weight excluding hydrogens is 390 g/mol. The van der Waals surface area contributed by atoms with Gasteiger partial charge < -0.3 is 0 Å². The molecular formula is C21H23N3O2S2. The van der Waals surface area contributed by atoms with Crippen LogP contribution in [0.15, 0.2) is 39.9 Å². The zero-order chi connectivity index (χ0) is 19.7. The van der Waals surface area contributed by atoms with Crippen LogP contribution in [0.4, 0.5) is 5.13 Å². The number of allylic oxidation sites excluding steroid dienone is 2. The summed E-state index contributed by atoms with van der Waals surface area (Å²) in [6.45, 7) is 4.16. The van der Waals surface area contributed by atoms with E-state index >= 15 is 0 Å². The predicted octanol–water partition coefficient (Wildman–Crippen LogP) is 4.88. The van der Waals surface area contributed by atoms with E-state index in [1.165, 1.54) is 16.9 Å². The predicted molar refractivity (Wildman–Crippen MR) is 113 cm³/mol. The van der Waals surface area contributed by atoms with Crippen LogP contribution in [0.1, 0.15) is 56.1 Å². The fraction of sp³-hybridized carbons (Fsp3) is 0.429. The number of hydrogen-bond donors (Lipinski definition) is 0. The van der Waals surface area contributed by atoms with Crippen LogP contribution in [0, 0.1) is 6.92 Å². The minimum Gasteiger partial charge on any atom is -0.294 e. The summed E-state index contributed by atoms with van der Waals surface area (Å²) in [5, 5.41) is 9.10. The first kappa shape index (κ1) is 19.3. The van der Waals surface area contributed by atoms with Gasteiger partial charge in [0.25, 0.3) is 0 Å². The van der Waals surface area contributed by atoms with Crippen LogP contribution in [0.5, 0.6) is 0 Å². The Hall–Kier alpha value is -1.99. The number of carbonyl (C=O) groups is 2. The molecule has 28 heavy (non-hydrogen) atoms. The minimum atomic E-state index is -0.158. The summed E-state index contributed by atoms with van der Waals surface area (Å²) in [5.74, 6) is 0.982. The number of aromatic nitrogens is 2. The van der Waals surface area contributed by atoms with Crippen molar-refractivity contribution in [2.75, 3.05) is 10.7 Å². The summed E-state index contributed by atoms with van der Waals surface area (Å²) in [7, 11) is 0. The molecule has 146 valence electrons. The Labute approximate surface area is 173 Å². The van der Waals surface area contributed by atoms with E-state index in [2.05, 4.69) is 17.1 Å². The van der Waals surface area contributed by atoms with Gasteiger partial charge in [-0.3, -0.25) is 14.5 Å². The molecule has 2 aliphatic rings. The van der Waals surface area contributed by atoms with Crippen LogP contribution < -0.4 is 4.90 Å². The third-order valence-electron chi connectivity index (χ3n) is 5.17. The van der Waals surface area contributed by atoms with Gasteiger partial charge in [0.05, 0.1) is 0 Å². The molecule has 1 aromatic carbocycles. The van der Waals surface area contributed by atoms with Gasteiger partial charge in [-0.25, -0.2) is 0 Å². The van der Waals surface area contributed by atoms with Gasteiger partial charge in [0.2, 0.25) is 11.0 Å². The van der Waals surface area contributed by atoms with Crippen molar-refractivity contribution in [1.82, 2.24) is 10.2 Å². The van der Waals surface area contributed by atoms with E-state index < -0.39 is 0 Å². The average Bonchev–Trinajstić information content (AvgIpc) is 3.15. The summed E-state index contributed by atoms with van der Waals surface area (Å²) in [4.78, 5) is 27.7. The monoisotopic (exact) mass is 413 g/mol. The Bertz CT molecular complexity index is 933. The number of carbonyl (C=O) groups excluding carboxylic acids is 2. The molecule has 0 radical (unpaired) electrons. The first-order valence-corrected chi connectivity index (χ1v) is 11.5. The number of Topliss-reactive ketones (excluding diaryl/α,β-unsaturated/α-hetero) is 1. The molecule has 1 amide bonds. The summed E-state index contributed by atoms with van der Waals surface area (Å²) in [5.41, 5.74) is 3.84. The van der Waals surface area contributed by atoms with Crippen molar-refractivity contribution in [3.05, 3.63) is 46.7 Å². The normalized spacial score (nSPS) is 19.9. The molecule has 1 aromatic heterocycles. The molecule has 1 atom stereocenters. The summed E-state index contributed by atoms with van der Waals surface area (Å²) < 4.78 is 0.870. The van der Waals surface area contributed by atoms with Gasteiger partial charge in [-0.1, -0.05) is 59.9 Å². The maximum Gasteiger partial charge on any atom is 0.234 e. The minimum absolute atomic E-state index is 0.00205. The maximum atomic E-state index is 13.1. The van der Waals surface area contributed by atoms with Gasteiger partial charge in [-0.2, -0.15) is 0 Å². The largest absolute Gasteiger partial charge is 0.294 e. The molecule has 2 aromatic rings. The summed E-state index contributed by atoms with van der Waals surface area (Å²) >= 11 is 3.10. The molecule has 1 aliphatic heterocycles. The van der Waals surface area contributed by atoms with Crippen LogP contribution in [-0.2, 0) is 9.59 Å². The van der Waals surface area contributed by atoms with E-state index in [4.69, 9.17) is 0 Å². The van der Waals surface area contributed by atoms with E-state index in [1.807, 2.05) is 31.2 Å². The van der Waals surface area contributed by atoms with Crippen molar-refractivity contribution < 1.29 is 9.59 Å². The molecule has 0 fully saturated rings. The highest BCUT2D eigenvalue weighted by molar-refractivity contribution is 8.01. The van der Waals surface area contributed by atoms with E-state index in [-0.39, 0.29) is 17.6 Å². The highest BCUT2D eigenvalue weighted by Crippen LogP contribution is 2.44. The van der Waals surface area contributed by atoms with Crippen molar-refractivity contribution in [2.45, 2.75) is 56.2 Å². The fourth-order valence-electron chi connectivity index (χ4n) is 3.84. The molecule has 0 bridgehead atoms. The lowest BCUT2D eigenvalue weighted by molar-refractivity contribution is -0.119. The van der Waals surface area contributed by atoms with Crippen molar-refractivity contribution in [3.8, 4) is 0 Å². The zero-order valence-corrected chi connectivity index (χ0v) is 17.7. The lowest BCUT2D eigenvalue weighted by atomic mass is 9.77. The molecule has 5 nitrogen and oxygen atoms in total. The second kappa shape index (κ2) is 8.17. The number of rotatable bonds is 5. The fourth-order valence-corrected chi connectivity index (χ4v) is 5.65. The van der Waals surface area contributed by atoms with Crippen LogP contribution in [0.2, 0.25) is 0 Å². The van der Waals surface area contributed by atoms with Crippen LogP contribution in [-0.4, -0.2) is 27.6 Å². The maximum absolute atomic E-state index is 13.1. The molecule has 0 saturated heterocycles. The molecule has 7 heteroatoms. The summed E-state index contributed by atoms with van der Waals surface area (Å²) in [6.07, 6.45) is 3.41.